The summed E-state index contributed by atoms with van der Waals surface area (Å²) in [5.74, 6) is 0. The molecule has 1 unspecified atom stereocenters. The molecular weight excluding hydrogens is 300 g/mol. The summed E-state index contributed by atoms with van der Waals surface area (Å²) < 4.78 is 1.07. The van der Waals surface area contributed by atoms with Gasteiger partial charge in [-0.1, -0.05) is 86.4 Å². The van der Waals surface area contributed by atoms with Crippen LogP contribution in [-0.2, 0) is 0 Å². The Hall–Kier alpha value is -0.340. The summed E-state index contributed by atoms with van der Waals surface area (Å²) in [6.45, 7) is 2.25. The molecule has 0 fully saturated rings. The van der Waals surface area contributed by atoms with Gasteiger partial charge in [0.25, 0.3) is 0 Å². The molecule has 0 saturated heterocycles. The highest BCUT2D eigenvalue weighted by Gasteiger charge is 2.06. The largest absolute Gasteiger partial charge is 0.388 e. The second kappa shape index (κ2) is 10.4. The maximum Gasteiger partial charge on any atom is 0.0790 e. The molecule has 0 amide bonds. The van der Waals surface area contributed by atoms with Gasteiger partial charge >= 0.3 is 0 Å². The lowest BCUT2D eigenvalue weighted by molar-refractivity contribution is 0.163. The summed E-state index contributed by atoms with van der Waals surface area (Å²) in [5.41, 5.74) is 1.03. The first-order valence-electron chi connectivity index (χ1n) is 7.67. The van der Waals surface area contributed by atoms with Crippen LogP contribution in [0, 0.1) is 0 Å². The van der Waals surface area contributed by atoms with Crippen molar-refractivity contribution in [3.8, 4) is 0 Å². The van der Waals surface area contributed by atoms with Crippen LogP contribution in [0.5, 0.6) is 0 Å². The van der Waals surface area contributed by atoms with Gasteiger partial charge in [-0.05, 0) is 24.1 Å². The van der Waals surface area contributed by atoms with E-state index in [0.29, 0.717) is 0 Å². The van der Waals surface area contributed by atoms with Crippen LogP contribution in [-0.4, -0.2) is 5.11 Å². The second-order valence-electron chi connectivity index (χ2n) is 5.33. The summed E-state index contributed by atoms with van der Waals surface area (Å²) in [4.78, 5) is 0. The van der Waals surface area contributed by atoms with Gasteiger partial charge in [0.2, 0.25) is 0 Å². The third kappa shape index (κ3) is 7.74. The summed E-state index contributed by atoms with van der Waals surface area (Å²) in [5, 5.41) is 10.1. The molecule has 0 aliphatic carbocycles. The number of aliphatic hydroxyl groups excluding tert-OH is 1. The highest BCUT2D eigenvalue weighted by atomic mass is 79.9. The number of unbranched alkanes of at least 4 members (excludes halogenated alkanes) is 7. The van der Waals surface area contributed by atoms with Gasteiger partial charge in [0.05, 0.1) is 6.10 Å². The molecule has 1 N–H and O–H groups in total. The molecule has 1 rings (SSSR count). The van der Waals surface area contributed by atoms with Gasteiger partial charge in [-0.15, -0.1) is 0 Å². The van der Waals surface area contributed by atoms with Gasteiger partial charge in [-0.25, -0.2) is 0 Å². The molecule has 0 bridgehead atoms. The van der Waals surface area contributed by atoms with E-state index in [1.807, 2.05) is 24.3 Å². The molecule has 0 aliphatic rings. The van der Waals surface area contributed by atoms with E-state index in [-0.39, 0.29) is 6.10 Å². The van der Waals surface area contributed by atoms with Crippen LogP contribution in [0.2, 0.25) is 0 Å². The topological polar surface area (TPSA) is 20.2 Å². The van der Waals surface area contributed by atoms with Crippen LogP contribution >= 0.6 is 15.9 Å². The number of hydrogen-bond acceptors (Lipinski definition) is 1. The molecule has 19 heavy (non-hydrogen) atoms. The van der Waals surface area contributed by atoms with Crippen LogP contribution in [0.25, 0.3) is 0 Å². The van der Waals surface area contributed by atoms with Crippen molar-refractivity contribution >= 4 is 15.9 Å². The molecule has 1 atom stereocenters. The third-order valence-electron chi connectivity index (χ3n) is 3.59. The quantitative estimate of drug-likeness (QED) is 0.522. The van der Waals surface area contributed by atoms with Gasteiger partial charge < -0.3 is 5.11 Å². The molecular formula is C17H27BrO. The predicted octanol–water partition coefficient (Wildman–Crippen LogP) is 6.01. The maximum absolute atomic E-state index is 10.1. The number of hydrogen-bond donors (Lipinski definition) is 1. The number of rotatable bonds is 10. The number of aliphatic hydroxyl groups is 1. The van der Waals surface area contributed by atoms with Gasteiger partial charge in [0.15, 0.2) is 0 Å². The summed E-state index contributed by atoms with van der Waals surface area (Å²) in [6, 6.07) is 7.98. The number of halogens is 1. The average Bonchev–Trinajstić information content (AvgIpc) is 2.42. The Labute approximate surface area is 126 Å². The fourth-order valence-electron chi connectivity index (χ4n) is 2.32. The first-order chi connectivity index (χ1) is 9.24. The number of benzene rings is 1. The normalized spacial score (nSPS) is 12.6. The minimum absolute atomic E-state index is 0.298. The van der Waals surface area contributed by atoms with E-state index >= 15 is 0 Å². The Morgan fingerprint density at radius 2 is 1.42 bits per heavy atom. The van der Waals surface area contributed by atoms with Crippen LogP contribution in [0.4, 0.5) is 0 Å². The lowest BCUT2D eigenvalue weighted by Crippen LogP contribution is -1.97. The second-order valence-corrected chi connectivity index (χ2v) is 6.25. The van der Waals surface area contributed by atoms with Crippen molar-refractivity contribution in [1.29, 1.82) is 0 Å². The SMILES string of the molecule is CCCCCCCCCCC(O)c1ccc(Br)cc1. The van der Waals surface area contributed by atoms with Crippen molar-refractivity contribution in [3.63, 3.8) is 0 Å². The van der Waals surface area contributed by atoms with E-state index in [0.717, 1.165) is 22.9 Å². The van der Waals surface area contributed by atoms with Crippen LogP contribution in [0.15, 0.2) is 28.7 Å². The molecule has 1 nitrogen and oxygen atoms in total. The highest BCUT2D eigenvalue weighted by molar-refractivity contribution is 9.10. The molecule has 0 radical (unpaired) electrons. The van der Waals surface area contributed by atoms with Gasteiger partial charge in [0, 0.05) is 4.47 Å². The molecule has 0 saturated carbocycles. The van der Waals surface area contributed by atoms with E-state index in [2.05, 4.69) is 22.9 Å². The minimum Gasteiger partial charge on any atom is -0.388 e. The van der Waals surface area contributed by atoms with Crippen LogP contribution in [0.1, 0.15) is 76.4 Å². The Bertz CT molecular complexity index is 321. The fourth-order valence-corrected chi connectivity index (χ4v) is 2.59. The van der Waals surface area contributed by atoms with Gasteiger partial charge in [-0.2, -0.15) is 0 Å². The van der Waals surface area contributed by atoms with Crippen molar-refractivity contribution < 1.29 is 5.11 Å². The van der Waals surface area contributed by atoms with Crippen LogP contribution in [0.3, 0.4) is 0 Å². The van der Waals surface area contributed by atoms with Gasteiger partial charge in [-0.3, -0.25) is 0 Å². The molecule has 108 valence electrons. The summed E-state index contributed by atoms with van der Waals surface area (Å²) in [7, 11) is 0. The minimum atomic E-state index is -0.298. The molecule has 2 heteroatoms. The lowest BCUT2D eigenvalue weighted by atomic mass is 10.0. The Morgan fingerprint density at radius 3 is 2.00 bits per heavy atom. The summed E-state index contributed by atoms with van der Waals surface area (Å²) in [6.07, 6.45) is 11.1. The van der Waals surface area contributed by atoms with Gasteiger partial charge in [0.1, 0.15) is 0 Å². The van der Waals surface area contributed by atoms with E-state index < -0.39 is 0 Å². The maximum atomic E-state index is 10.1. The third-order valence-corrected chi connectivity index (χ3v) is 4.11. The highest BCUT2D eigenvalue weighted by Crippen LogP contribution is 2.22. The van der Waals surface area contributed by atoms with Crippen molar-refractivity contribution in [3.05, 3.63) is 34.3 Å². The predicted molar refractivity (Wildman–Crippen MR) is 86.3 cm³/mol. The Balaban J connectivity index is 2.04. The molecule has 0 aromatic heterocycles. The molecule has 0 spiro atoms. The zero-order valence-electron chi connectivity index (χ0n) is 12.1. The van der Waals surface area contributed by atoms with E-state index in [1.165, 1.54) is 44.9 Å². The lowest BCUT2D eigenvalue weighted by Gasteiger charge is -2.10. The standard InChI is InChI=1S/C17H27BrO/c1-2-3-4-5-6-7-8-9-10-17(19)15-11-13-16(18)14-12-15/h11-14,17,19H,2-10H2,1H3. The van der Waals surface area contributed by atoms with Crippen molar-refractivity contribution in [2.75, 3.05) is 0 Å². The monoisotopic (exact) mass is 326 g/mol. The van der Waals surface area contributed by atoms with Crippen molar-refractivity contribution in [2.45, 2.75) is 70.8 Å². The first-order valence-corrected chi connectivity index (χ1v) is 8.47. The van der Waals surface area contributed by atoms with E-state index in [4.69, 9.17) is 0 Å². The van der Waals surface area contributed by atoms with Crippen LogP contribution < -0.4 is 0 Å². The Kier molecular flexibility index (Phi) is 9.19. The molecule has 0 heterocycles. The zero-order valence-corrected chi connectivity index (χ0v) is 13.7. The average molecular weight is 327 g/mol. The van der Waals surface area contributed by atoms with Crippen molar-refractivity contribution in [2.24, 2.45) is 0 Å². The fraction of sp³-hybridized carbons (Fsp3) is 0.647. The molecule has 1 aromatic rings. The van der Waals surface area contributed by atoms with E-state index in [9.17, 15) is 5.11 Å². The molecule has 1 aromatic carbocycles. The molecule has 0 aliphatic heterocycles. The van der Waals surface area contributed by atoms with E-state index in [1.54, 1.807) is 0 Å². The van der Waals surface area contributed by atoms with Crippen molar-refractivity contribution in [1.82, 2.24) is 0 Å². The smallest absolute Gasteiger partial charge is 0.0790 e. The zero-order chi connectivity index (χ0) is 13.9. The summed E-state index contributed by atoms with van der Waals surface area (Å²) >= 11 is 3.41. The first kappa shape index (κ1) is 16.7. The Morgan fingerprint density at radius 1 is 0.895 bits per heavy atom.